The normalized spacial score (nSPS) is 23.3. The summed E-state index contributed by atoms with van der Waals surface area (Å²) in [4.78, 5) is 29.2. The number of anilines is 1. The van der Waals surface area contributed by atoms with Gasteiger partial charge in [-0.3, -0.25) is 4.79 Å². The van der Waals surface area contributed by atoms with Crippen LogP contribution in [0.4, 0.5) is 5.69 Å². The molecule has 2 aromatic carbocycles. The number of rotatable bonds is 6. The zero-order valence-electron chi connectivity index (χ0n) is 25.8. The molecule has 0 atom stereocenters. The van der Waals surface area contributed by atoms with Crippen molar-refractivity contribution in [2.24, 2.45) is 0 Å². The van der Waals surface area contributed by atoms with Crippen molar-refractivity contribution in [1.29, 1.82) is 0 Å². The summed E-state index contributed by atoms with van der Waals surface area (Å²) in [6.07, 6.45) is 9.65. The Labute approximate surface area is 259 Å². The minimum absolute atomic E-state index is 0.211. The van der Waals surface area contributed by atoms with Crippen LogP contribution in [0.3, 0.4) is 0 Å². The highest BCUT2D eigenvalue weighted by atomic mass is 16.5. The molecule has 1 N–H and O–H groups in total. The summed E-state index contributed by atoms with van der Waals surface area (Å²) in [6.45, 7) is 8.43. The third kappa shape index (κ3) is 4.53. The average Bonchev–Trinajstić information content (AvgIpc) is 3.56. The number of nitrogens with zero attached hydrogens (tertiary/aromatic N) is 5. The first-order valence-electron chi connectivity index (χ1n) is 16.6. The molecule has 0 bridgehead atoms. The molecular weight excluding hydrogens is 548 g/mol. The van der Waals surface area contributed by atoms with Crippen molar-refractivity contribution in [2.75, 3.05) is 31.1 Å². The Morgan fingerprint density at radius 3 is 2.48 bits per heavy atom. The lowest BCUT2D eigenvalue weighted by Crippen LogP contribution is -2.58. The second-order valence-corrected chi connectivity index (χ2v) is 13.5. The second kappa shape index (κ2) is 11.0. The van der Waals surface area contributed by atoms with Crippen LogP contribution in [0.15, 0.2) is 60.9 Å². The number of hydrogen-bond acceptors (Lipinski definition) is 6. The van der Waals surface area contributed by atoms with E-state index in [4.69, 9.17) is 14.7 Å². The van der Waals surface area contributed by atoms with Crippen LogP contribution in [0.25, 0.3) is 22.3 Å². The number of ether oxygens (including phenoxy) is 1. The van der Waals surface area contributed by atoms with Crippen molar-refractivity contribution in [3.05, 3.63) is 66.5 Å². The molecule has 4 aromatic rings. The van der Waals surface area contributed by atoms with Crippen LogP contribution in [-0.4, -0.2) is 63.6 Å². The number of aromatic nitrogens is 3. The quantitative estimate of drug-likeness (QED) is 0.278. The molecule has 1 amide bonds. The molecule has 44 heavy (non-hydrogen) atoms. The van der Waals surface area contributed by atoms with Crippen LogP contribution in [0, 0.1) is 0 Å². The van der Waals surface area contributed by atoms with Crippen molar-refractivity contribution in [2.45, 2.75) is 82.3 Å². The first kappa shape index (κ1) is 27.8. The Kier molecular flexibility index (Phi) is 6.94. The van der Waals surface area contributed by atoms with E-state index in [9.17, 15) is 4.79 Å². The van der Waals surface area contributed by atoms with Gasteiger partial charge in [-0.1, -0.05) is 36.8 Å². The summed E-state index contributed by atoms with van der Waals surface area (Å²) in [5.74, 6) is 1.59. The molecule has 0 radical (unpaired) electrons. The number of piperidine rings is 2. The summed E-state index contributed by atoms with van der Waals surface area (Å²) >= 11 is 0. The first-order valence-corrected chi connectivity index (χ1v) is 16.6. The fourth-order valence-electron chi connectivity index (χ4n) is 8.04. The van der Waals surface area contributed by atoms with Gasteiger partial charge in [0.05, 0.1) is 23.0 Å². The van der Waals surface area contributed by atoms with Gasteiger partial charge in [-0.25, -0.2) is 9.97 Å². The van der Waals surface area contributed by atoms with E-state index in [1.807, 2.05) is 36.7 Å². The number of para-hydroxylation sites is 1. The smallest absolute Gasteiger partial charge is 0.246 e. The summed E-state index contributed by atoms with van der Waals surface area (Å²) < 4.78 is 8.52. The highest BCUT2D eigenvalue weighted by molar-refractivity contribution is 6.09. The molecule has 8 nitrogen and oxygen atoms in total. The predicted octanol–water partition coefficient (Wildman–Crippen LogP) is 6.46. The number of benzene rings is 2. The lowest BCUT2D eigenvalue weighted by atomic mass is 9.74. The van der Waals surface area contributed by atoms with Gasteiger partial charge in [-0.05, 0) is 108 Å². The van der Waals surface area contributed by atoms with E-state index in [0.717, 1.165) is 72.5 Å². The zero-order valence-corrected chi connectivity index (χ0v) is 25.8. The fourth-order valence-corrected chi connectivity index (χ4v) is 8.04. The Morgan fingerprint density at radius 2 is 1.73 bits per heavy atom. The highest BCUT2D eigenvalue weighted by Gasteiger charge is 2.54. The molecule has 228 valence electrons. The van der Waals surface area contributed by atoms with E-state index in [2.05, 4.69) is 57.8 Å². The number of fused-ring (bicyclic) bond motifs is 3. The molecule has 2 saturated heterocycles. The number of likely N-dealkylation sites (tertiary alicyclic amines) is 1. The average molecular weight is 591 g/mol. The molecule has 1 spiro atoms. The molecule has 5 heterocycles. The minimum atomic E-state index is -0.426. The molecule has 3 fully saturated rings. The van der Waals surface area contributed by atoms with Crippen molar-refractivity contribution < 1.29 is 9.53 Å². The van der Waals surface area contributed by atoms with Crippen molar-refractivity contribution in [3.63, 3.8) is 0 Å². The minimum Gasteiger partial charge on any atom is -0.437 e. The number of carbonyl (C=O) groups is 1. The van der Waals surface area contributed by atoms with E-state index in [1.54, 1.807) is 0 Å². The third-order valence-corrected chi connectivity index (χ3v) is 10.5. The van der Waals surface area contributed by atoms with Gasteiger partial charge in [0.15, 0.2) is 0 Å². The molecule has 1 saturated carbocycles. The van der Waals surface area contributed by atoms with Crippen molar-refractivity contribution >= 4 is 22.6 Å². The van der Waals surface area contributed by atoms with Gasteiger partial charge in [0.25, 0.3) is 0 Å². The number of hydrogen-bond donors (Lipinski definition) is 1. The number of imidazole rings is 1. The SMILES string of the molecule is CC(C)n1cnc2cc(-c3ccc4c(c3)N([C@H]3C[C@@H](N5CCCCC5)C3)C(=O)C43CCNCC3)nc(Oc3ccccc3)c21. The standard InChI is InChI=1S/C36H42N6O2/c1-24(2)41-23-38-31-22-30(39-34(33(31)41)44-28-9-5-3-6-10-28)25-11-12-29-32(19-25)42(35(43)36(29)13-15-37-16-14-36)27-20-26(21-27)40-17-7-4-8-18-40/h3,5-6,9-12,19,22-24,26-27,37H,4,7-8,13-18,20-21H2,1-2H3/t26-,27+. The van der Waals surface area contributed by atoms with Gasteiger partial charge in [-0.15, -0.1) is 0 Å². The van der Waals surface area contributed by atoms with E-state index in [-0.39, 0.29) is 12.1 Å². The lowest BCUT2D eigenvalue weighted by molar-refractivity contribution is -0.125. The van der Waals surface area contributed by atoms with Crippen LogP contribution >= 0.6 is 0 Å². The maximum atomic E-state index is 14.4. The summed E-state index contributed by atoms with van der Waals surface area (Å²) in [5, 5.41) is 3.49. The van der Waals surface area contributed by atoms with Gasteiger partial charge < -0.3 is 24.4 Å². The summed E-state index contributed by atoms with van der Waals surface area (Å²) in [5.41, 5.74) is 5.37. The van der Waals surface area contributed by atoms with Gasteiger partial charge in [0, 0.05) is 29.4 Å². The first-order chi connectivity index (χ1) is 21.5. The predicted molar refractivity (Wildman–Crippen MR) is 173 cm³/mol. The molecule has 1 aliphatic carbocycles. The highest BCUT2D eigenvalue weighted by Crippen LogP contribution is 2.51. The van der Waals surface area contributed by atoms with E-state index < -0.39 is 5.41 Å². The third-order valence-electron chi connectivity index (χ3n) is 10.5. The Morgan fingerprint density at radius 1 is 0.955 bits per heavy atom. The number of carbonyl (C=O) groups excluding carboxylic acids is 1. The topological polar surface area (TPSA) is 75.5 Å². The molecular formula is C36H42N6O2. The van der Waals surface area contributed by atoms with Gasteiger partial charge in [-0.2, -0.15) is 0 Å². The molecule has 3 aliphatic heterocycles. The monoisotopic (exact) mass is 590 g/mol. The number of amides is 1. The Bertz CT molecular complexity index is 1680. The molecule has 0 unspecified atom stereocenters. The summed E-state index contributed by atoms with van der Waals surface area (Å²) in [6, 6.07) is 19.5. The van der Waals surface area contributed by atoms with Crippen LogP contribution in [0.2, 0.25) is 0 Å². The Hall–Kier alpha value is -3.75. The van der Waals surface area contributed by atoms with Crippen LogP contribution in [-0.2, 0) is 10.2 Å². The molecule has 2 aromatic heterocycles. The molecule has 8 heteroatoms. The maximum Gasteiger partial charge on any atom is 0.246 e. The number of pyridine rings is 1. The molecule has 8 rings (SSSR count). The second-order valence-electron chi connectivity index (χ2n) is 13.5. The van der Waals surface area contributed by atoms with Crippen LogP contribution < -0.4 is 15.0 Å². The zero-order chi connectivity index (χ0) is 29.8. The van der Waals surface area contributed by atoms with E-state index in [0.29, 0.717) is 17.8 Å². The van der Waals surface area contributed by atoms with Crippen molar-refractivity contribution in [3.8, 4) is 22.9 Å². The van der Waals surface area contributed by atoms with Gasteiger partial charge in [0.1, 0.15) is 11.3 Å². The Balaban J connectivity index is 1.19. The summed E-state index contributed by atoms with van der Waals surface area (Å²) in [7, 11) is 0. The van der Waals surface area contributed by atoms with Gasteiger partial charge in [0.2, 0.25) is 11.8 Å². The maximum absolute atomic E-state index is 14.4. The van der Waals surface area contributed by atoms with Crippen LogP contribution in [0.1, 0.15) is 70.4 Å². The van der Waals surface area contributed by atoms with E-state index in [1.165, 1.54) is 37.9 Å². The lowest BCUT2D eigenvalue weighted by Gasteiger charge is -2.48. The van der Waals surface area contributed by atoms with Crippen molar-refractivity contribution in [1.82, 2.24) is 24.8 Å². The van der Waals surface area contributed by atoms with Crippen LogP contribution in [0.5, 0.6) is 11.6 Å². The fraction of sp³-hybridized carbons (Fsp3) is 0.472. The number of nitrogens with one attached hydrogen (secondary N) is 1. The van der Waals surface area contributed by atoms with Gasteiger partial charge >= 0.3 is 0 Å². The largest absolute Gasteiger partial charge is 0.437 e. The van der Waals surface area contributed by atoms with E-state index >= 15 is 0 Å². The molecule has 4 aliphatic rings.